The van der Waals surface area contributed by atoms with Crippen molar-refractivity contribution in [3.05, 3.63) is 0 Å². The molecule has 0 bridgehead atoms. The molecular formula is C21H53B5. The Morgan fingerprint density at radius 3 is 0.385 bits per heavy atom. The Kier molecular flexibility index (Phi) is 272. The van der Waals surface area contributed by atoms with Gasteiger partial charge in [-0.25, -0.2) is 0 Å². The zero-order valence-corrected chi connectivity index (χ0v) is 21.0. The van der Waals surface area contributed by atoms with E-state index in [1.807, 2.05) is 20.8 Å². The van der Waals surface area contributed by atoms with Gasteiger partial charge in [-0.1, -0.05) is 134 Å². The van der Waals surface area contributed by atoms with E-state index >= 15 is 0 Å². The number of hydrogen-bond acceptors (Lipinski definition) is 0. The van der Waals surface area contributed by atoms with Gasteiger partial charge < -0.3 is 0 Å². The lowest BCUT2D eigenvalue weighted by atomic mass is 9.88. The van der Waals surface area contributed by atoms with Crippen LogP contribution in [0, 0.1) is 0 Å². The molecule has 5 heteroatoms. The van der Waals surface area contributed by atoms with E-state index in [4.69, 9.17) is 23.5 Å². The maximum Gasteiger partial charge on any atom is 0.0649 e. The van der Waals surface area contributed by atoms with Crippen LogP contribution in [0.4, 0.5) is 0 Å². The summed E-state index contributed by atoms with van der Waals surface area (Å²) in [6.45, 7) is 22.9. The minimum atomic E-state index is 0.250. The molecule has 0 aromatic heterocycles. The molecule has 0 amide bonds. The summed E-state index contributed by atoms with van der Waals surface area (Å²) in [5.41, 5.74) is 0. The SMILES string of the molecule is CCC.CCC.CCCC.CCCC.[B]CC.[B]CC.[B]CC.[B]C[B]. The van der Waals surface area contributed by atoms with Gasteiger partial charge in [0, 0.05) is 0 Å². The van der Waals surface area contributed by atoms with Crippen LogP contribution in [-0.4, -0.2) is 39.2 Å². The van der Waals surface area contributed by atoms with Gasteiger partial charge in [-0.15, -0.1) is 6.22 Å². The summed E-state index contributed by atoms with van der Waals surface area (Å²) >= 11 is 0. The molecule has 0 nitrogen and oxygen atoms in total. The quantitative estimate of drug-likeness (QED) is 0.439. The first-order chi connectivity index (χ1) is 12.3. The summed E-state index contributed by atoms with van der Waals surface area (Å²) in [7, 11) is 23.8. The van der Waals surface area contributed by atoms with Crippen LogP contribution in [0.1, 0.15) is 115 Å². The van der Waals surface area contributed by atoms with Gasteiger partial charge in [0.25, 0.3) is 0 Å². The van der Waals surface area contributed by atoms with Gasteiger partial charge in [0.2, 0.25) is 0 Å². The van der Waals surface area contributed by atoms with Crippen LogP contribution in [-0.2, 0) is 0 Å². The van der Waals surface area contributed by atoms with E-state index in [2.05, 4.69) is 71.1 Å². The molecule has 0 aliphatic heterocycles. The molecule has 0 fully saturated rings. The Morgan fingerprint density at radius 2 is 0.385 bits per heavy atom. The Bertz CT molecular complexity index is 61.3. The van der Waals surface area contributed by atoms with Crippen molar-refractivity contribution < 1.29 is 0 Å². The van der Waals surface area contributed by atoms with E-state index < -0.39 is 0 Å². The number of hydrogen-bond donors (Lipinski definition) is 0. The van der Waals surface area contributed by atoms with E-state index in [9.17, 15) is 0 Å². The molecule has 0 aliphatic carbocycles. The second-order valence-corrected chi connectivity index (χ2v) is 4.87. The molecule has 26 heavy (non-hydrogen) atoms. The third kappa shape index (κ3) is 2450. The van der Waals surface area contributed by atoms with Crippen molar-refractivity contribution in [2.45, 2.75) is 140 Å². The van der Waals surface area contributed by atoms with Crippen LogP contribution in [0.2, 0.25) is 25.2 Å². The molecule has 10 radical (unpaired) electrons. The molecule has 0 unspecified atom stereocenters. The van der Waals surface area contributed by atoms with Crippen LogP contribution in [0.3, 0.4) is 0 Å². The summed E-state index contributed by atoms with van der Waals surface area (Å²) in [4.78, 5) is 0. The highest BCUT2D eigenvalue weighted by atomic mass is 13.6. The summed E-state index contributed by atoms with van der Waals surface area (Å²) in [6, 6.07) is 0. The minimum Gasteiger partial charge on any atom is -0.121 e. The fourth-order valence-corrected chi connectivity index (χ4v) is 0. The first-order valence-corrected chi connectivity index (χ1v) is 10.8. The van der Waals surface area contributed by atoms with Crippen LogP contribution < -0.4 is 0 Å². The van der Waals surface area contributed by atoms with Gasteiger partial charge in [-0.05, 0) is 0 Å². The molecule has 0 spiro atoms. The van der Waals surface area contributed by atoms with Crippen molar-refractivity contribution >= 4 is 39.2 Å². The molecule has 0 heterocycles. The Hall–Kier alpha value is 0.325. The van der Waals surface area contributed by atoms with Crippen molar-refractivity contribution in [2.24, 2.45) is 0 Å². The van der Waals surface area contributed by atoms with Gasteiger partial charge in [-0.3, -0.25) is 0 Å². The largest absolute Gasteiger partial charge is 0.121 e. The van der Waals surface area contributed by atoms with Crippen LogP contribution in [0.25, 0.3) is 0 Å². The summed E-state index contributed by atoms with van der Waals surface area (Å²) in [5.74, 6) is 0. The lowest BCUT2D eigenvalue weighted by Crippen LogP contribution is -1.53. The van der Waals surface area contributed by atoms with Gasteiger partial charge in [0.15, 0.2) is 0 Å². The Balaban J connectivity index is -0.0000000238. The Labute approximate surface area is 179 Å². The molecule has 152 valence electrons. The Morgan fingerprint density at radius 1 is 0.346 bits per heavy atom. The van der Waals surface area contributed by atoms with Gasteiger partial charge in [0.05, 0.1) is 39.2 Å². The predicted molar refractivity (Wildman–Crippen MR) is 138 cm³/mol. The van der Waals surface area contributed by atoms with E-state index in [1.54, 1.807) is 0 Å². The third-order valence-corrected chi connectivity index (χ3v) is 1.000. The first-order valence-electron chi connectivity index (χ1n) is 10.8. The highest BCUT2D eigenvalue weighted by Crippen LogP contribution is 1.77. The van der Waals surface area contributed by atoms with E-state index in [0.29, 0.717) is 0 Å². The summed E-state index contributed by atoms with van der Waals surface area (Å²) in [5, 5.41) is 0. The van der Waals surface area contributed by atoms with Crippen LogP contribution in [0.15, 0.2) is 0 Å². The van der Waals surface area contributed by atoms with Gasteiger partial charge in [0.1, 0.15) is 0 Å². The maximum absolute atomic E-state index is 4.85. The molecule has 0 N–H and O–H groups in total. The molecule has 0 saturated carbocycles. The standard InChI is InChI=1S/2C4H10.2C3H8.3C2H5B.CH2B2/c2*1-3-4-2;2*1-3-2;3*1-2-3;2-1-3/h2*3-4H2,1-2H3;2*3H2,1-2H3;3*2H2,1H3;1H2. The zero-order chi connectivity index (χ0) is 23.1. The molecule has 0 rings (SSSR count). The van der Waals surface area contributed by atoms with Gasteiger partial charge in [-0.2, -0.15) is 0 Å². The van der Waals surface area contributed by atoms with Crippen molar-refractivity contribution in [1.82, 2.24) is 0 Å². The normalized spacial score (nSPS) is 6.27. The van der Waals surface area contributed by atoms with Crippen LogP contribution in [0.5, 0.6) is 0 Å². The zero-order valence-electron chi connectivity index (χ0n) is 21.0. The average molecular weight is 360 g/mol. The highest BCUT2D eigenvalue weighted by Gasteiger charge is 1.56. The summed E-state index contributed by atoms with van der Waals surface area (Å²) in [6.07, 6.45) is 10.3. The fraction of sp³-hybridized carbons (Fsp3) is 1.00. The molecule has 0 aromatic carbocycles. The molecule has 0 aromatic rings. The number of rotatable bonds is 2. The maximum atomic E-state index is 4.85. The topological polar surface area (TPSA) is 0 Å². The third-order valence-electron chi connectivity index (χ3n) is 1.000. The first kappa shape index (κ1) is 50.3. The van der Waals surface area contributed by atoms with E-state index in [1.165, 1.54) is 38.5 Å². The molecule has 0 atom stereocenters. The highest BCUT2D eigenvalue weighted by molar-refractivity contribution is 6.31. The lowest BCUT2D eigenvalue weighted by molar-refractivity contribution is 0.886. The summed E-state index contributed by atoms with van der Waals surface area (Å²) < 4.78 is 0. The predicted octanol–water partition coefficient (Wildman–Crippen LogP) is 7.92. The molecule has 0 saturated heterocycles. The van der Waals surface area contributed by atoms with E-state index in [-0.39, 0.29) is 6.22 Å². The fourth-order valence-electron chi connectivity index (χ4n) is 0. The van der Waals surface area contributed by atoms with Crippen molar-refractivity contribution in [3.8, 4) is 0 Å². The molecule has 0 aliphatic rings. The lowest BCUT2D eigenvalue weighted by Gasteiger charge is -1.68. The van der Waals surface area contributed by atoms with E-state index in [0.717, 1.165) is 19.0 Å². The second-order valence-electron chi connectivity index (χ2n) is 4.87. The average Bonchev–Trinajstić information content (AvgIpc) is 2.59. The second kappa shape index (κ2) is 141. The molecular weight excluding hydrogens is 306 g/mol. The van der Waals surface area contributed by atoms with Crippen LogP contribution >= 0.6 is 0 Å². The monoisotopic (exact) mass is 360 g/mol. The number of unbranched alkanes of at least 4 members (excludes halogenated alkanes) is 2. The minimum absolute atomic E-state index is 0.250. The smallest absolute Gasteiger partial charge is 0.0649 e. The van der Waals surface area contributed by atoms with Crippen molar-refractivity contribution in [2.75, 3.05) is 0 Å². The van der Waals surface area contributed by atoms with Gasteiger partial charge >= 0.3 is 0 Å². The van der Waals surface area contributed by atoms with Crippen molar-refractivity contribution in [3.63, 3.8) is 0 Å². The van der Waals surface area contributed by atoms with Crippen molar-refractivity contribution in [1.29, 1.82) is 0 Å².